The summed E-state index contributed by atoms with van der Waals surface area (Å²) in [5.41, 5.74) is 0.0161. The number of hydrogen-bond donors (Lipinski definition) is 2. The molecule has 7 nitrogen and oxygen atoms in total. The predicted molar refractivity (Wildman–Crippen MR) is 96.3 cm³/mol. The Labute approximate surface area is 161 Å². The van der Waals surface area contributed by atoms with E-state index in [-0.39, 0.29) is 35.9 Å². The maximum atomic E-state index is 13.5. The molecule has 1 aromatic rings. The molecule has 3 atom stereocenters. The van der Waals surface area contributed by atoms with Crippen LogP contribution in [0.2, 0.25) is 0 Å². The highest BCUT2D eigenvalue weighted by Crippen LogP contribution is 2.45. The molecule has 10 heteroatoms. The first-order valence-corrected chi connectivity index (χ1v) is 9.85. The number of ether oxygens (including phenoxy) is 1. The van der Waals surface area contributed by atoms with Crippen molar-refractivity contribution in [2.45, 2.75) is 50.5 Å². The van der Waals surface area contributed by atoms with Crippen molar-refractivity contribution in [3.8, 4) is 0 Å². The van der Waals surface area contributed by atoms with E-state index in [2.05, 4.69) is 20.6 Å². The highest BCUT2D eigenvalue weighted by atomic mass is 19.4. The molecular weight excluding hydrogens is 375 g/mol. The molecule has 1 aromatic heterocycles. The Balaban J connectivity index is 1.43. The Morgan fingerprint density at radius 2 is 2.11 bits per heavy atom. The molecule has 2 fully saturated rings. The van der Waals surface area contributed by atoms with E-state index < -0.39 is 18.1 Å². The van der Waals surface area contributed by atoms with E-state index in [0.717, 1.165) is 30.6 Å². The second kappa shape index (κ2) is 7.55. The number of nitrogens with one attached hydrogen (secondary N) is 2. The van der Waals surface area contributed by atoms with Gasteiger partial charge in [-0.1, -0.05) is 0 Å². The van der Waals surface area contributed by atoms with Gasteiger partial charge in [-0.2, -0.15) is 18.3 Å². The molecule has 1 saturated carbocycles. The van der Waals surface area contributed by atoms with E-state index in [4.69, 9.17) is 4.74 Å². The minimum Gasteiger partial charge on any atom is -0.379 e. The Hall–Kier alpha value is -1.81. The van der Waals surface area contributed by atoms with E-state index in [1.54, 1.807) is 0 Å². The average molecular weight is 401 g/mol. The quantitative estimate of drug-likeness (QED) is 0.790. The van der Waals surface area contributed by atoms with Gasteiger partial charge in [0.25, 0.3) is 5.91 Å². The molecule has 0 unspecified atom stereocenters. The molecule has 1 amide bonds. The second-order valence-electron chi connectivity index (χ2n) is 7.95. The van der Waals surface area contributed by atoms with Crippen molar-refractivity contribution in [3.05, 3.63) is 11.8 Å². The molecular formula is C18H26F3N5O2. The molecule has 0 radical (unpaired) electrons. The predicted octanol–water partition coefficient (Wildman–Crippen LogP) is 2.03. The largest absolute Gasteiger partial charge is 0.410 e. The van der Waals surface area contributed by atoms with Gasteiger partial charge in [-0.05, 0) is 32.1 Å². The number of carbonyl (C=O) groups excluding carboxylic acids is 1. The summed E-state index contributed by atoms with van der Waals surface area (Å²) in [5.74, 6) is 0.102. The van der Waals surface area contributed by atoms with Gasteiger partial charge >= 0.3 is 6.18 Å². The summed E-state index contributed by atoms with van der Waals surface area (Å²) in [6.45, 7) is 5.34. The summed E-state index contributed by atoms with van der Waals surface area (Å²) < 4.78 is 46.9. The van der Waals surface area contributed by atoms with Gasteiger partial charge in [0.2, 0.25) is 0 Å². The van der Waals surface area contributed by atoms with Gasteiger partial charge in [-0.15, -0.1) is 0 Å². The van der Waals surface area contributed by atoms with Gasteiger partial charge in [0.05, 0.1) is 13.2 Å². The maximum Gasteiger partial charge on any atom is 0.410 e. The molecule has 0 spiro atoms. The lowest BCUT2D eigenvalue weighted by Gasteiger charge is -2.33. The molecule has 156 valence electrons. The SMILES string of the molecule is C[C@H](CNC(=O)c1cc2n(n1)[C@@H](C(F)(F)F)C[C@@H](C1CC1)N2)N1CCOCC1. The minimum atomic E-state index is -4.39. The van der Waals surface area contributed by atoms with Crippen molar-refractivity contribution >= 4 is 11.7 Å². The van der Waals surface area contributed by atoms with Gasteiger partial charge in [0, 0.05) is 37.8 Å². The number of morpholine rings is 1. The molecule has 2 aliphatic heterocycles. The summed E-state index contributed by atoms with van der Waals surface area (Å²) in [7, 11) is 0. The number of nitrogens with zero attached hydrogens (tertiary/aromatic N) is 3. The van der Waals surface area contributed by atoms with E-state index in [0.29, 0.717) is 19.8 Å². The number of fused-ring (bicyclic) bond motifs is 1. The Morgan fingerprint density at radius 3 is 2.75 bits per heavy atom. The van der Waals surface area contributed by atoms with Crippen molar-refractivity contribution < 1.29 is 22.7 Å². The third kappa shape index (κ3) is 4.12. The van der Waals surface area contributed by atoms with Crippen molar-refractivity contribution in [2.75, 3.05) is 38.2 Å². The highest BCUT2D eigenvalue weighted by molar-refractivity contribution is 5.93. The fourth-order valence-electron chi connectivity index (χ4n) is 4.00. The lowest BCUT2D eigenvalue weighted by Crippen LogP contribution is -2.47. The van der Waals surface area contributed by atoms with Crippen LogP contribution in [-0.2, 0) is 4.74 Å². The summed E-state index contributed by atoms with van der Waals surface area (Å²) in [4.78, 5) is 14.7. The van der Waals surface area contributed by atoms with Gasteiger partial charge in [-0.3, -0.25) is 9.69 Å². The molecule has 1 saturated heterocycles. The second-order valence-corrected chi connectivity index (χ2v) is 7.95. The third-order valence-electron chi connectivity index (χ3n) is 5.87. The van der Waals surface area contributed by atoms with Gasteiger partial charge < -0.3 is 15.4 Å². The number of amides is 1. The number of hydrogen-bond acceptors (Lipinski definition) is 5. The Kier molecular flexibility index (Phi) is 5.26. The van der Waals surface area contributed by atoms with Gasteiger partial charge in [-0.25, -0.2) is 4.68 Å². The zero-order valence-corrected chi connectivity index (χ0v) is 15.8. The normalized spacial score (nSPS) is 27.0. The molecule has 28 heavy (non-hydrogen) atoms. The summed E-state index contributed by atoms with van der Waals surface area (Å²) in [5, 5.41) is 9.94. The number of aromatic nitrogens is 2. The fraction of sp³-hybridized carbons (Fsp3) is 0.778. The number of anilines is 1. The minimum absolute atomic E-state index is 0.0161. The zero-order valence-electron chi connectivity index (χ0n) is 15.8. The van der Waals surface area contributed by atoms with E-state index in [9.17, 15) is 18.0 Å². The Bertz CT molecular complexity index is 713. The number of rotatable bonds is 5. The van der Waals surface area contributed by atoms with Crippen LogP contribution >= 0.6 is 0 Å². The molecule has 4 rings (SSSR count). The van der Waals surface area contributed by atoms with Crippen molar-refractivity contribution in [3.63, 3.8) is 0 Å². The van der Waals surface area contributed by atoms with Gasteiger partial charge in [0.1, 0.15) is 5.82 Å². The molecule has 0 aromatic carbocycles. The monoisotopic (exact) mass is 401 g/mol. The van der Waals surface area contributed by atoms with E-state index >= 15 is 0 Å². The first-order valence-electron chi connectivity index (χ1n) is 9.85. The number of halogens is 3. The summed E-state index contributed by atoms with van der Waals surface area (Å²) >= 11 is 0. The molecule has 3 aliphatic rings. The Morgan fingerprint density at radius 1 is 1.39 bits per heavy atom. The molecule has 2 N–H and O–H groups in total. The van der Waals surface area contributed by atoms with Crippen LogP contribution in [0.15, 0.2) is 6.07 Å². The first kappa shape index (κ1) is 19.5. The maximum absolute atomic E-state index is 13.5. The zero-order chi connectivity index (χ0) is 19.9. The third-order valence-corrected chi connectivity index (χ3v) is 5.87. The first-order chi connectivity index (χ1) is 13.3. The average Bonchev–Trinajstić information content (AvgIpc) is 3.43. The van der Waals surface area contributed by atoms with Gasteiger partial charge in [0.15, 0.2) is 11.7 Å². The standard InChI is InChI=1S/C18H26F3N5O2/c1-11(25-4-6-28-7-5-25)10-22-17(27)14-9-16-23-13(12-2-3-12)8-15(18(19,20)21)26(16)24-14/h9,11-13,15,23H,2-8,10H2,1H3,(H,22,27)/t11-,13+,15-/m1/s1. The molecule has 0 bridgehead atoms. The van der Waals surface area contributed by atoms with E-state index in [1.807, 2.05) is 6.92 Å². The van der Waals surface area contributed by atoms with Crippen LogP contribution in [0.4, 0.5) is 19.0 Å². The molecule has 1 aliphatic carbocycles. The fourth-order valence-corrected chi connectivity index (χ4v) is 4.00. The summed E-state index contributed by atoms with van der Waals surface area (Å²) in [6, 6.07) is -0.358. The number of carbonyl (C=O) groups is 1. The van der Waals surface area contributed by atoms with Crippen LogP contribution in [-0.4, -0.2) is 71.7 Å². The summed E-state index contributed by atoms with van der Waals surface area (Å²) in [6.07, 6.45) is -2.54. The van der Waals surface area contributed by atoms with Crippen molar-refractivity contribution in [2.24, 2.45) is 5.92 Å². The topological polar surface area (TPSA) is 71.4 Å². The number of alkyl halides is 3. The lowest BCUT2D eigenvalue weighted by atomic mass is 10.0. The van der Waals surface area contributed by atoms with E-state index in [1.165, 1.54) is 6.07 Å². The van der Waals surface area contributed by atoms with Crippen LogP contribution in [0.3, 0.4) is 0 Å². The smallest absolute Gasteiger partial charge is 0.379 e. The van der Waals surface area contributed by atoms with Crippen molar-refractivity contribution in [1.82, 2.24) is 20.0 Å². The highest BCUT2D eigenvalue weighted by Gasteiger charge is 2.49. The van der Waals surface area contributed by atoms with Crippen LogP contribution in [0, 0.1) is 5.92 Å². The van der Waals surface area contributed by atoms with Crippen molar-refractivity contribution in [1.29, 1.82) is 0 Å². The van der Waals surface area contributed by atoms with Crippen LogP contribution in [0.1, 0.15) is 42.7 Å². The van der Waals surface area contributed by atoms with Crippen LogP contribution in [0.5, 0.6) is 0 Å². The molecule has 3 heterocycles. The lowest BCUT2D eigenvalue weighted by molar-refractivity contribution is -0.174. The van der Waals surface area contributed by atoms with Crippen LogP contribution < -0.4 is 10.6 Å². The van der Waals surface area contributed by atoms with Crippen LogP contribution in [0.25, 0.3) is 0 Å².